The Hall–Kier alpha value is -2.23. The Bertz CT molecular complexity index is 573. The zero-order valence-corrected chi connectivity index (χ0v) is 12.1. The van der Waals surface area contributed by atoms with Crippen LogP contribution in [0.15, 0.2) is 36.4 Å². The maximum absolute atomic E-state index is 12.0. The molecule has 0 aliphatic heterocycles. The normalized spacial score (nSPS) is 10.6. The minimum Gasteiger partial charge on any atom is -0.462 e. The van der Waals surface area contributed by atoms with Gasteiger partial charge in [0.25, 0.3) is 0 Å². The summed E-state index contributed by atoms with van der Waals surface area (Å²) in [5.41, 5.74) is 2.46. The topological polar surface area (TPSA) is 54.1 Å². The molecule has 0 amide bonds. The van der Waals surface area contributed by atoms with Crippen molar-refractivity contribution in [3.05, 3.63) is 47.7 Å². The molecule has 2 aromatic rings. The number of para-hydroxylation sites is 1. The molecule has 0 saturated heterocycles. The highest BCUT2D eigenvalue weighted by molar-refractivity contribution is 5.92. The predicted octanol–water partition coefficient (Wildman–Crippen LogP) is 4.06. The largest absolute Gasteiger partial charge is 0.462 e. The van der Waals surface area contributed by atoms with Gasteiger partial charge >= 0.3 is 5.97 Å². The first-order chi connectivity index (χ1) is 9.61. The second-order valence-electron chi connectivity index (χ2n) is 4.88. The molecule has 106 valence electrons. The number of benzene rings is 1. The van der Waals surface area contributed by atoms with Crippen LogP contribution in [-0.4, -0.2) is 17.6 Å². The molecule has 0 radical (unpaired) electrons. The molecule has 4 heteroatoms. The van der Waals surface area contributed by atoms with Crippen LogP contribution >= 0.6 is 0 Å². The molecule has 0 aliphatic rings. The lowest BCUT2D eigenvalue weighted by molar-refractivity contribution is 0.0525. The number of anilines is 2. The van der Waals surface area contributed by atoms with Crippen LogP contribution in [0.25, 0.3) is 0 Å². The van der Waals surface area contributed by atoms with Gasteiger partial charge in [-0.1, -0.05) is 32.0 Å². The number of aromatic amines is 1. The molecule has 0 bridgehead atoms. The van der Waals surface area contributed by atoms with E-state index in [-0.39, 0.29) is 11.9 Å². The Morgan fingerprint density at radius 2 is 2.00 bits per heavy atom. The summed E-state index contributed by atoms with van der Waals surface area (Å²) in [6.07, 6.45) is 0. The highest BCUT2D eigenvalue weighted by Gasteiger charge is 2.18. The van der Waals surface area contributed by atoms with Crippen LogP contribution < -0.4 is 5.32 Å². The minimum absolute atomic E-state index is 0.223. The van der Waals surface area contributed by atoms with Gasteiger partial charge in [-0.05, 0) is 31.0 Å². The van der Waals surface area contributed by atoms with Crippen LogP contribution in [0.4, 0.5) is 11.5 Å². The lowest BCUT2D eigenvalue weighted by Crippen LogP contribution is -2.07. The maximum Gasteiger partial charge on any atom is 0.340 e. The van der Waals surface area contributed by atoms with Crippen LogP contribution in [-0.2, 0) is 4.74 Å². The van der Waals surface area contributed by atoms with E-state index in [1.54, 1.807) is 6.07 Å². The molecule has 0 saturated carbocycles. The van der Waals surface area contributed by atoms with Crippen LogP contribution in [0.2, 0.25) is 0 Å². The molecule has 2 rings (SSSR count). The number of carbonyl (C=O) groups excluding carboxylic acids is 1. The summed E-state index contributed by atoms with van der Waals surface area (Å²) in [5, 5.41) is 3.25. The number of aromatic nitrogens is 1. The van der Waals surface area contributed by atoms with E-state index < -0.39 is 0 Å². The lowest BCUT2D eigenvalue weighted by Gasteiger charge is -2.06. The first kappa shape index (κ1) is 14.2. The van der Waals surface area contributed by atoms with Gasteiger partial charge in [-0.25, -0.2) is 4.79 Å². The van der Waals surface area contributed by atoms with Gasteiger partial charge < -0.3 is 15.0 Å². The van der Waals surface area contributed by atoms with Crippen LogP contribution in [0.1, 0.15) is 42.7 Å². The van der Waals surface area contributed by atoms with Crippen molar-refractivity contribution < 1.29 is 9.53 Å². The Morgan fingerprint density at radius 3 is 2.60 bits per heavy atom. The average molecular weight is 272 g/mol. The van der Waals surface area contributed by atoms with Gasteiger partial charge in [0.1, 0.15) is 5.82 Å². The summed E-state index contributed by atoms with van der Waals surface area (Å²) in [6, 6.07) is 11.6. The number of H-pyrrole nitrogens is 1. The SMILES string of the molecule is CCOC(=O)c1cc(Nc2ccccc2)[nH]c1C(C)C. The number of carbonyl (C=O) groups is 1. The fourth-order valence-corrected chi connectivity index (χ4v) is 2.05. The number of nitrogens with one attached hydrogen (secondary N) is 2. The van der Waals surface area contributed by atoms with E-state index in [1.807, 2.05) is 51.1 Å². The number of hydrogen-bond donors (Lipinski definition) is 2. The molecular formula is C16H20N2O2. The maximum atomic E-state index is 12.0. The van der Waals surface area contributed by atoms with Crippen molar-refractivity contribution in [2.45, 2.75) is 26.7 Å². The second kappa shape index (κ2) is 6.28. The number of hydrogen-bond acceptors (Lipinski definition) is 3. The number of esters is 1. The van der Waals surface area contributed by atoms with Crippen molar-refractivity contribution in [1.82, 2.24) is 4.98 Å². The second-order valence-corrected chi connectivity index (χ2v) is 4.88. The van der Waals surface area contributed by atoms with Gasteiger partial charge in [0, 0.05) is 11.4 Å². The summed E-state index contributed by atoms with van der Waals surface area (Å²) in [5.74, 6) is 0.734. The Morgan fingerprint density at radius 1 is 1.30 bits per heavy atom. The van der Waals surface area contributed by atoms with Gasteiger partial charge in [-0.2, -0.15) is 0 Å². The van der Waals surface area contributed by atoms with Crippen molar-refractivity contribution in [3.63, 3.8) is 0 Å². The van der Waals surface area contributed by atoms with Crippen molar-refractivity contribution in [1.29, 1.82) is 0 Å². The molecule has 0 spiro atoms. The fourth-order valence-electron chi connectivity index (χ4n) is 2.05. The van der Waals surface area contributed by atoms with E-state index in [0.717, 1.165) is 17.2 Å². The van der Waals surface area contributed by atoms with Gasteiger partial charge in [0.05, 0.1) is 12.2 Å². The number of rotatable bonds is 5. The van der Waals surface area contributed by atoms with E-state index in [9.17, 15) is 4.79 Å². The Labute approximate surface area is 119 Å². The average Bonchev–Trinajstić information content (AvgIpc) is 2.84. The summed E-state index contributed by atoms with van der Waals surface area (Å²) in [7, 11) is 0. The standard InChI is InChI=1S/C16H20N2O2/c1-4-20-16(19)13-10-14(18-15(13)11(2)3)17-12-8-6-5-7-9-12/h5-11,17-18H,4H2,1-3H3. The third-order valence-corrected chi connectivity index (χ3v) is 2.97. The van der Waals surface area contributed by atoms with Gasteiger partial charge in [-0.15, -0.1) is 0 Å². The molecule has 0 fully saturated rings. The van der Waals surface area contributed by atoms with E-state index in [1.165, 1.54) is 0 Å². The Kier molecular flexibility index (Phi) is 4.45. The Balaban J connectivity index is 2.27. The van der Waals surface area contributed by atoms with E-state index in [0.29, 0.717) is 12.2 Å². The predicted molar refractivity (Wildman–Crippen MR) is 80.6 cm³/mol. The minimum atomic E-state index is -0.284. The highest BCUT2D eigenvalue weighted by atomic mass is 16.5. The van der Waals surface area contributed by atoms with E-state index in [4.69, 9.17) is 4.74 Å². The summed E-state index contributed by atoms with van der Waals surface area (Å²) in [6.45, 7) is 6.27. The third kappa shape index (κ3) is 3.20. The van der Waals surface area contributed by atoms with Gasteiger partial charge in [0.2, 0.25) is 0 Å². The van der Waals surface area contributed by atoms with E-state index >= 15 is 0 Å². The van der Waals surface area contributed by atoms with Crippen molar-refractivity contribution in [3.8, 4) is 0 Å². The van der Waals surface area contributed by atoms with Crippen LogP contribution in [0, 0.1) is 0 Å². The molecule has 0 unspecified atom stereocenters. The van der Waals surface area contributed by atoms with Crippen LogP contribution in [0.5, 0.6) is 0 Å². The quantitative estimate of drug-likeness (QED) is 0.807. The fraction of sp³-hybridized carbons (Fsp3) is 0.312. The van der Waals surface area contributed by atoms with Crippen molar-refractivity contribution >= 4 is 17.5 Å². The third-order valence-electron chi connectivity index (χ3n) is 2.97. The molecule has 20 heavy (non-hydrogen) atoms. The van der Waals surface area contributed by atoms with Gasteiger partial charge in [0.15, 0.2) is 0 Å². The van der Waals surface area contributed by atoms with Gasteiger partial charge in [-0.3, -0.25) is 0 Å². The number of ether oxygens (including phenoxy) is 1. The van der Waals surface area contributed by atoms with Crippen LogP contribution in [0.3, 0.4) is 0 Å². The summed E-state index contributed by atoms with van der Waals surface area (Å²) in [4.78, 5) is 15.2. The highest BCUT2D eigenvalue weighted by Crippen LogP contribution is 2.25. The van der Waals surface area contributed by atoms with E-state index in [2.05, 4.69) is 10.3 Å². The summed E-state index contributed by atoms with van der Waals surface area (Å²) >= 11 is 0. The molecule has 1 aromatic heterocycles. The first-order valence-electron chi connectivity index (χ1n) is 6.84. The lowest BCUT2D eigenvalue weighted by atomic mass is 10.1. The molecule has 1 heterocycles. The van der Waals surface area contributed by atoms with Crippen molar-refractivity contribution in [2.75, 3.05) is 11.9 Å². The monoisotopic (exact) mass is 272 g/mol. The molecule has 0 aliphatic carbocycles. The zero-order valence-electron chi connectivity index (χ0n) is 12.1. The zero-order chi connectivity index (χ0) is 14.5. The van der Waals surface area contributed by atoms with Crippen molar-refractivity contribution in [2.24, 2.45) is 0 Å². The summed E-state index contributed by atoms with van der Waals surface area (Å²) < 4.78 is 5.10. The molecule has 1 aromatic carbocycles. The molecule has 4 nitrogen and oxygen atoms in total. The molecule has 2 N–H and O–H groups in total. The smallest absolute Gasteiger partial charge is 0.340 e. The molecular weight excluding hydrogens is 252 g/mol. The molecule has 0 atom stereocenters. The first-order valence-corrected chi connectivity index (χ1v) is 6.84.